The van der Waals surface area contributed by atoms with E-state index in [1.807, 2.05) is 6.92 Å². The van der Waals surface area contributed by atoms with Crippen LogP contribution in [0.1, 0.15) is 30.5 Å². The second kappa shape index (κ2) is 7.38. The fraction of sp³-hybridized carbons (Fsp3) is 0.350. The van der Waals surface area contributed by atoms with Crippen LogP contribution in [-0.2, 0) is 6.18 Å². The van der Waals surface area contributed by atoms with Gasteiger partial charge in [-0.2, -0.15) is 13.2 Å². The number of piperidine rings is 1. The Morgan fingerprint density at radius 3 is 2.38 bits per heavy atom. The number of hydrogen-bond acceptors (Lipinski definition) is 4. The highest BCUT2D eigenvalue weighted by Gasteiger charge is 2.30. The third-order valence-corrected chi connectivity index (χ3v) is 5.07. The van der Waals surface area contributed by atoms with Crippen LogP contribution in [0.5, 0.6) is 0 Å². The second-order valence-electron chi connectivity index (χ2n) is 7.10. The summed E-state index contributed by atoms with van der Waals surface area (Å²) in [5.74, 6) is 0.676. The Kier molecular flexibility index (Phi) is 4.89. The minimum Gasteiger partial charge on any atom is -0.341 e. The van der Waals surface area contributed by atoms with E-state index in [1.54, 1.807) is 6.20 Å². The predicted octanol–water partition coefficient (Wildman–Crippen LogP) is 3.94. The van der Waals surface area contributed by atoms with Gasteiger partial charge in [-0.3, -0.25) is 9.89 Å². The zero-order chi connectivity index (χ0) is 20.6. The molecule has 29 heavy (non-hydrogen) atoms. The SMILES string of the molecule is Cc1nc(N2CCCCC2)ncc1-c1cc(=O)n(-c2ccc(C(F)(F)F)cc2)[nH]1. The maximum Gasteiger partial charge on any atom is 0.416 e. The van der Waals surface area contributed by atoms with Gasteiger partial charge >= 0.3 is 6.18 Å². The minimum absolute atomic E-state index is 0.317. The van der Waals surface area contributed by atoms with E-state index in [2.05, 4.69) is 20.0 Å². The number of rotatable bonds is 3. The highest BCUT2D eigenvalue weighted by atomic mass is 19.4. The fourth-order valence-corrected chi connectivity index (χ4v) is 3.49. The Morgan fingerprint density at radius 1 is 1.07 bits per heavy atom. The summed E-state index contributed by atoms with van der Waals surface area (Å²) in [5, 5.41) is 2.94. The van der Waals surface area contributed by atoms with Gasteiger partial charge < -0.3 is 4.90 Å². The fourth-order valence-electron chi connectivity index (χ4n) is 3.49. The molecule has 1 aromatic carbocycles. The number of nitrogens with zero attached hydrogens (tertiary/aromatic N) is 4. The minimum atomic E-state index is -4.42. The molecule has 0 bridgehead atoms. The van der Waals surface area contributed by atoms with Gasteiger partial charge in [0.05, 0.1) is 22.6 Å². The van der Waals surface area contributed by atoms with Crippen molar-refractivity contribution in [3.63, 3.8) is 0 Å². The van der Waals surface area contributed by atoms with Crippen LogP contribution < -0.4 is 10.5 Å². The van der Waals surface area contributed by atoms with Crippen molar-refractivity contribution in [2.24, 2.45) is 0 Å². The molecule has 1 N–H and O–H groups in total. The van der Waals surface area contributed by atoms with E-state index in [1.165, 1.54) is 29.3 Å². The summed E-state index contributed by atoms with van der Waals surface area (Å²) in [6.45, 7) is 3.71. The van der Waals surface area contributed by atoms with Crippen molar-refractivity contribution in [3.05, 3.63) is 58.1 Å². The van der Waals surface area contributed by atoms with E-state index in [-0.39, 0.29) is 5.56 Å². The van der Waals surface area contributed by atoms with Crippen molar-refractivity contribution in [2.75, 3.05) is 18.0 Å². The van der Waals surface area contributed by atoms with E-state index < -0.39 is 11.7 Å². The molecule has 0 atom stereocenters. The number of halogens is 3. The number of hydrogen-bond donors (Lipinski definition) is 1. The van der Waals surface area contributed by atoms with Gasteiger partial charge in [-0.1, -0.05) is 0 Å². The van der Waals surface area contributed by atoms with Gasteiger partial charge in [0, 0.05) is 30.9 Å². The second-order valence-corrected chi connectivity index (χ2v) is 7.10. The standard InChI is InChI=1S/C20H20F3N5O/c1-13-16(12-24-19(25-13)27-9-3-2-4-10-27)17-11-18(29)28(26-17)15-7-5-14(6-8-15)20(21,22)23/h5-8,11-12,26H,2-4,9-10H2,1H3. The molecular formula is C20H20F3N5O. The van der Waals surface area contributed by atoms with Gasteiger partial charge in [0.2, 0.25) is 5.95 Å². The molecular weight excluding hydrogens is 383 g/mol. The third kappa shape index (κ3) is 3.90. The molecule has 1 fully saturated rings. The Labute approximate surface area is 165 Å². The Balaban J connectivity index is 1.63. The summed E-state index contributed by atoms with van der Waals surface area (Å²) in [7, 11) is 0. The first-order valence-electron chi connectivity index (χ1n) is 9.41. The van der Waals surface area contributed by atoms with Gasteiger partial charge in [0.1, 0.15) is 0 Å². The summed E-state index contributed by atoms with van der Waals surface area (Å²) in [6.07, 6.45) is 0.705. The van der Waals surface area contributed by atoms with E-state index in [0.717, 1.165) is 43.8 Å². The van der Waals surface area contributed by atoms with Gasteiger partial charge in [0.15, 0.2) is 0 Å². The van der Waals surface area contributed by atoms with Crippen molar-refractivity contribution < 1.29 is 13.2 Å². The van der Waals surface area contributed by atoms with Crippen LogP contribution in [0.4, 0.5) is 19.1 Å². The molecule has 1 saturated heterocycles. The number of H-pyrrole nitrogens is 1. The van der Waals surface area contributed by atoms with Crippen LogP contribution >= 0.6 is 0 Å². The Bertz CT molecular complexity index is 1060. The quantitative estimate of drug-likeness (QED) is 0.719. The average molecular weight is 403 g/mol. The van der Waals surface area contributed by atoms with Gasteiger partial charge in [-0.15, -0.1) is 0 Å². The number of anilines is 1. The maximum atomic E-state index is 12.7. The number of benzene rings is 1. The molecule has 152 valence electrons. The van der Waals surface area contributed by atoms with Crippen LogP contribution in [0.2, 0.25) is 0 Å². The Morgan fingerprint density at radius 2 is 1.76 bits per heavy atom. The molecule has 0 saturated carbocycles. The molecule has 9 heteroatoms. The monoisotopic (exact) mass is 403 g/mol. The first-order chi connectivity index (χ1) is 13.8. The lowest BCUT2D eigenvalue weighted by molar-refractivity contribution is -0.137. The van der Waals surface area contributed by atoms with E-state index >= 15 is 0 Å². The number of aromatic amines is 1. The zero-order valence-electron chi connectivity index (χ0n) is 15.8. The molecule has 4 rings (SSSR count). The molecule has 0 amide bonds. The lowest BCUT2D eigenvalue weighted by Gasteiger charge is -2.26. The van der Waals surface area contributed by atoms with Crippen LogP contribution in [0, 0.1) is 6.92 Å². The maximum absolute atomic E-state index is 12.7. The third-order valence-electron chi connectivity index (χ3n) is 5.07. The van der Waals surface area contributed by atoms with E-state index in [9.17, 15) is 18.0 Å². The summed E-state index contributed by atoms with van der Waals surface area (Å²) in [5.41, 5.74) is 1.09. The average Bonchev–Trinajstić information content (AvgIpc) is 3.09. The number of aromatic nitrogens is 4. The molecule has 3 heterocycles. The molecule has 1 aliphatic heterocycles. The topological polar surface area (TPSA) is 66.8 Å². The molecule has 0 radical (unpaired) electrons. The van der Waals surface area contributed by atoms with Crippen LogP contribution in [0.25, 0.3) is 16.9 Å². The highest BCUT2D eigenvalue weighted by Crippen LogP contribution is 2.29. The summed E-state index contributed by atoms with van der Waals surface area (Å²) in [4.78, 5) is 23.6. The molecule has 1 aliphatic rings. The number of nitrogens with one attached hydrogen (secondary N) is 1. The van der Waals surface area contributed by atoms with E-state index in [4.69, 9.17) is 0 Å². The molecule has 0 spiro atoms. The summed E-state index contributed by atoms with van der Waals surface area (Å²) >= 11 is 0. The largest absolute Gasteiger partial charge is 0.416 e. The first kappa shape index (κ1) is 19.2. The zero-order valence-corrected chi connectivity index (χ0v) is 15.8. The number of alkyl halides is 3. The summed E-state index contributed by atoms with van der Waals surface area (Å²) < 4.78 is 39.4. The molecule has 6 nitrogen and oxygen atoms in total. The van der Waals surface area contributed by atoms with Crippen LogP contribution in [0.15, 0.2) is 41.3 Å². The number of aryl methyl sites for hydroxylation is 1. The van der Waals surface area contributed by atoms with Gasteiger partial charge in [-0.25, -0.2) is 14.6 Å². The van der Waals surface area contributed by atoms with Crippen molar-refractivity contribution in [3.8, 4) is 16.9 Å². The first-order valence-corrected chi connectivity index (χ1v) is 9.41. The molecule has 3 aromatic rings. The van der Waals surface area contributed by atoms with Crippen molar-refractivity contribution in [1.29, 1.82) is 0 Å². The van der Waals surface area contributed by atoms with Gasteiger partial charge in [-0.05, 0) is 50.5 Å². The Hall–Kier alpha value is -3.10. The highest BCUT2D eigenvalue weighted by molar-refractivity contribution is 5.61. The molecule has 0 unspecified atom stereocenters. The molecule has 0 aliphatic carbocycles. The normalized spacial score (nSPS) is 15.0. The lowest BCUT2D eigenvalue weighted by atomic mass is 10.1. The van der Waals surface area contributed by atoms with E-state index in [0.29, 0.717) is 22.9 Å². The van der Waals surface area contributed by atoms with Crippen LogP contribution in [-0.4, -0.2) is 32.8 Å². The smallest absolute Gasteiger partial charge is 0.341 e. The van der Waals surface area contributed by atoms with Crippen LogP contribution in [0.3, 0.4) is 0 Å². The van der Waals surface area contributed by atoms with Crippen molar-refractivity contribution in [2.45, 2.75) is 32.4 Å². The van der Waals surface area contributed by atoms with Crippen molar-refractivity contribution >= 4 is 5.95 Å². The van der Waals surface area contributed by atoms with Gasteiger partial charge in [0.25, 0.3) is 5.56 Å². The lowest BCUT2D eigenvalue weighted by Crippen LogP contribution is -2.31. The molecule has 2 aromatic heterocycles. The van der Waals surface area contributed by atoms with Crippen molar-refractivity contribution in [1.82, 2.24) is 19.7 Å². The summed E-state index contributed by atoms with van der Waals surface area (Å²) in [6, 6.07) is 5.80. The predicted molar refractivity (Wildman–Crippen MR) is 103 cm³/mol.